The largest absolute Gasteiger partial charge is 0.354 e. The van der Waals surface area contributed by atoms with Crippen LogP contribution in [0.15, 0.2) is 36.7 Å². The lowest BCUT2D eigenvalue weighted by atomic mass is 10.1. The van der Waals surface area contributed by atoms with Crippen molar-refractivity contribution in [2.75, 3.05) is 6.54 Å². The van der Waals surface area contributed by atoms with Crippen molar-refractivity contribution in [1.82, 2.24) is 20.5 Å². The summed E-state index contributed by atoms with van der Waals surface area (Å²) in [4.78, 5) is 15.8. The normalized spacial score (nSPS) is 12.1. The molecule has 0 aliphatic heterocycles. The number of aromatic amines is 1. The minimum atomic E-state index is -0.638. The molecule has 0 fully saturated rings. The summed E-state index contributed by atoms with van der Waals surface area (Å²) in [6.07, 6.45) is 2.04. The maximum atomic E-state index is 11.8. The summed E-state index contributed by atoms with van der Waals surface area (Å²) in [5, 5.41) is 9.22. The maximum absolute atomic E-state index is 11.8. The number of nitrogens with two attached hydrogens (primary N) is 1. The fourth-order valence-electron chi connectivity index (χ4n) is 1.58. The van der Waals surface area contributed by atoms with Crippen molar-refractivity contribution in [1.29, 1.82) is 0 Å². The summed E-state index contributed by atoms with van der Waals surface area (Å²) < 4.78 is 0. The number of carbonyl (C=O) groups is 1. The van der Waals surface area contributed by atoms with Crippen LogP contribution in [0, 0.1) is 0 Å². The van der Waals surface area contributed by atoms with Gasteiger partial charge in [0.2, 0.25) is 5.91 Å². The average molecular weight is 245 g/mol. The van der Waals surface area contributed by atoms with Crippen LogP contribution in [0.1, 0.15) is 17.4 Å². The van der Waals surface area contributed by atoms with E-state index in [4.69, 9.17) is 5.73 Å². The van der Waals surface area contributed by atoms with Gasteiger partial charge in [-0.25, -0.2) is 4.98 Å². The zero-order valence-corrected chi connectivity index (χ0v) is 9.84. The van der Waals surface area contributed by atoms with E-state index in [0.29, 0.717) is 13.0 Å². The summed E-state index contributed by atoms with van der Waals surface area (Å²) in [6.45, 7) is 0.481. The van der Waals surface area contributed by atoms with Gasteiger partial charge in [0, 0.05) is 13.0 Å². The molecular weight excluding hydrogens is 230 g/mol. The number of carbonyl (C=O) groups excluding carboxylic acids is 1. The van der Waals surface area contributed by atoms with E-state index < -0.39 is 6.04 Å². The van der Waals surface area contributed by atoms with E-state index in [1.807, 2.05) is 30.3 Å². The van der Waals surface area contributed by atoms with Crippen LogP contribution in [0.2, 0.25) is 0 Å². The van der Waals surface area contributed by atoms with Crippen molar-refractivity contribution in [2.24, 2.45) is 5.73 Å². The minimum absolute atomic E-state index is 0.194. The van der Waals surface area contributed by atoms with E-state index in [0.717, 1.165) is 11.4 Å². The van der Waals surface area contributed by atoms with Crippen LogP contribution in [0.5, 0.6) is 0 Å². The number of hydrogen-bond donors (Lipinski definition) is 3. The van der Waals surface area contributed by atoms with E-state index in [1.165, 1.54) is 6.33 Å². The molecule has 0 aliphatic carbocycles. The zero-order valence-electron chi connectivity index (χ0n) is 9.84. The SMILES string of the molecule is N[C@H](C(=O)NCCc1ncn[nH]1)c1ccccc1. The first-order valence-electron chi connectivity index (χ1n) is 5.70. The Morgan fingerprint density at radius 3 is 2.83 bits per heavy atom. The third-order valence-corrected chi connectivity index (χ3v) is 2.57. The Hall–Kier alpha value is -2.21. The second-order valence-electron chi connectivity index (χ2n) is 3.86. The van der Waals surface area contributed by atoms with Gasteiger partial charge in [-0.3, -0.25) is 9.89 Å². The lowest BCUT2D eigenvalue weighted by Crippen LogP contribution is -2.35. The summed E-state index contributed by atoms with van der Waals surface area (Å²) >= 11 is 0. The van der Waals surface area contributed by atoms with E-state index in [1.54, 1.807) is 0 Å². The molecule has 6 heteroatoms. The summed E-state index contributed by atoms with van der Waals surface area (Å²) in [6, 6.07) is 8.63. The molecule has 1 aromatic heterocycles. The quantitative estimate of drug-likeness (QED) is 0.699. The predicted molar refractivity (Wildman–Crippen MR) is 66.5 cm³/mol. The first-order chi connectivity index (χ1) is 8.77. The molecule has 94 valence electrons. The van der Waals surface area contributed by atoms with Gasteiger partial charge in [0.05, 0.1) is 0 Å². The Labute approximate surface area is 105 Å². The predicted octanol–water partition coefficient (Wildman–Crippen LogP) is 0.163. The van der Waals surface area contributed by atoms with Crippen molar-refractivity contribution in [2.45, 2.75) is 12.5 Å². The van der Waals surface area contributed by atoms with Gasteiger partial charge in [-0.05, 0) is 5.56 Å². The van der Waals surface area contributed by atoms with Crippen molar-refractivity contribution in [3.05, 3.63) is 48.0 Å². The van der Waals surface area contributed by atoms with E-state index >= 15 is 0 Å². The smallest absolute Gasteiger partial charge is 0.241 e. The Kier molecular flexibility index (Phi) is 4.03. The molecule has 0 aliphatic rings. The van der Waals surface area contributed by atoms with Crippen molar-refractivity contribution in [3.63, 3.8) is 0 Å². The van der Waals surface area contributed by atoms with Gasteiger partial charge in [0.25, 0.3) is 0 Å². The van der Waals surface area contributed by atoms with Gasteiger partial charge < -0.3 is 11.1 Å². The van der Waals surface area contributed by atoms with E-state index in [2.05, 4.69) is 20.5 Å². The molecular formula is C12H15N5O. The average Bonchev–Trinajstić information content (AvgIpc) is 2.92. The lowest BCUT2D eigenvalue weighted by Gasteiger charge is -2.11. The van der Waals surface area contributed by atoms with Crippen LogP contribution < -0.4 is 11.1 Å². The van der Waals surface area contributed by atoms with Gasteiger partial charge in [0.1, 0.15) is 18.2 Å². The second kappa shape index (κ2) is 5.92. The fourth-order valence-corrected chi connectivity index (χ4v) is 1.58. The van der Waals surface area contributed by atoms with Gasteiger partial charge in [-0.2, -0.15) is 5.10 Å². The molecule has 6 nitrogen and oxygen atoms in total. The van der Waals surface area contributed by atoms with Crippen LogP contribution >= 0.6 is 0 Å². The van der Waals surface area contributed by atoms with Gasteiger partial charge >= 0.3 is 0 Å². The Morgan fingerprint density at radius 1 is 1.39 bits per heavy atom. The third kappa shape index (κ3) is 3.14. The second-order valence-corrected chi connectivity index (χ2v) is 3.86. The van der Waals surface area contributed by atoms with Crippen LogP contribution in [-0.2, 0) is 11.2 Å². The highest BCUT2D eigenvalue weighted by atomic mass is 16.2. The van der Waals surface area contributed by atoms with Gasteiger partial charge in [-0.1, -0.05) is 30.3 Å². The Morgan fingerprint density at radius 2 is 2.17 bits per heavy atom. The maximum Gasteiger partial charge on any atom is 0.241 e. The molecule has 0 spiro atoms. The molecule has 0 bridgehead atoms. The van der Waals surface area contributed by atoms with Gasteiger partial charge in [0.15, 0.2) is 0 Å². The monoisotopic (exact) mass is 245 g/mol. The highest BCUT2D eigenvalue weighted by Crippen LogP contribution is 2.08. The number of nitrogens with one attached hydrogen (secondary N) is 2. The van der Waals surface area contributed by atoms with E-state index in [-0.39, 0.29) is 5.91 Å². The molecule has 1 amide bonds. The highest BCUT2D eigenvalue weighted by molar-refractivity contribution is 5.82. The molecule has 0 radical (unpaired) electrons. The molecule has 1 atom stereocenters. The Balaban J connectivity index is 1.81. The molecule has 1 aromatic carbocycles. The van der Waals surface area contributed by atoms with Crippen molar-refractivity contribution < 1.29 is 4.79 Å². The summed E-state index contributed by atoms with van der Waals surface area (Å²) in [5.41, 5.74) is 6.65. The molecule has 4 N–H and O–H groups in total. The molecule has 18 heavy (non-hydrogen) atoms. The van der Waals surface area contributed by atoms with Crippen LogP contribution in [0.4, 0.5) is 0 Å². The first-order valence-corrected chi connectivity index (χ1v) is 5.70. The van der Waals surface area contributed by atoms with Crippen molar-refractivity contribution >= 4 is 5.91 Å². The number of H-pyrrole nitrogens is 1. The Bertz CT molecular complexity index is 482. The number of benzene rings is 1. The van der Waals surface area contributed by atoms with E-state index in [9.17, 15) is 4.79 Å². The number of amides is 1. The minimum Gasteiger partial charge on any atom is -0.354 e. The summed E-state index contributed by atoms with van der Waals surface area (Å²) in [7, 11) is 0. The fraction of sp³-hybridized carbons (Fsp3) is 0.250. The van der Waals surface area contributed by atoms with Crippen LogP contribution in [0.3, 0.4) is 0 Å². The lowest BCUT2D eigenvalue weighted by molar-refractivity contribution is -0.122. The molecule has 2 aromatic rings. The topological polar surface area (TPSA) is 96.7 Å². The number of aromatic nitrogens is 3. The molecule has 0 saturated heterocycles. The van der Waals surface area contributed by atoms with Crippen molar-refractivity contribution in [3.8, 4) is 0 Å². The first kappa shape index (κ1) is 12.3. The van der Waals surface area contributed by atoms with Crippen LogP contribution in [0.25, 0.3) is 0 Å². The zero-order chi connectivity index (χ0) is 12.8. The molecule has 1 heterocycles. The molecule has 0 unspecified atom stereocenters. The molecule has 2 rings (SSSR count). The number of rotatable bonds is 5. The third-order valence-electron chi connectivity index (χ3n) is 2.57. The number of hydrogen-bond acceptors (Lipinski definition) is 4. The van der Waals surface area contributed by atoms with Crippen LogP contribution in [-0.4, -0.2) is 27.6 Å². The highest BCUT2D eigenvalue weighted by Gasteiger charge is 2.14. The standard InChI is InChI=1S/C12H15N5O/c13-11(9-4-2-1-3-5-9)12(18)14-7-6-10-15-8-16-17-10/h1-5,8,11H,6-7,13H2,(H,14,18)(H,15,16,17)/t11-/m0/s1. The molecule has 0 saturated carbocycles. The van der Waals surface area contributed by atoms with Gasteiger partial charge in [-0.15, -0.1) is 0 Å². The summed E-state index contributed by atoms with van der Waals surface area (Å²) in [5.74, 6) is 0.546. The number of nitrogens with zero attached hydrogens (tertiary/aromatic N) is 2.